The van der Waals surface area contributed by atoms with Crippen molar-refractivity contribution in [3.8, 4) is 5.75 Å². The molecule has 0 bridgehead atoms. The number of hydrogen-bond donors (Lipinski definition) is 1. The molecule has 0 saturated carbocycles. The van der Waals surface area contributed by atoms with E-state index in [9.17, 15) is 0 Å². The number of nitrogens with two attached hydrogens (primary N) is 1. The number of ether oxygens (including phenoxy) is 1. The normalized spacial score (nSPS) is 19.0. The largest absolute Gasteiger partial charge is 0.493 e. The highest BCUT2D eigenvalue weighted by Gasteiger charge is 2.23. The van der Waals surface area contributed by atoms with Crippen LogP contribution in [0, 0.1) is 6.92 Å². The van der Waals surface area contributed by atoms with Crippen LogP contribution < -0.4 is 10.5 Å². The summed E-state index contributed by atoms with van der Waals surface area (Å²) in [7, 11) is 0. The van der Waals surface area contributed by atoms with Crippen LogP contribution in [0.5, 0.6) is 5.75 Å². The summed E-state index contributed by atoms with van der Waals surface area (Å²) in [5, 5.41) is 0. The van der Waals surface area contributed by atoms with Gasteiger partial charge in [0.25, 0.3) is 0 Å². The molecule has 0 spiro atoms. The molecule has 3 rings (SSSR count). The zero-order valence-corrected chi connectivity index (χ0v) is 11.8. The highest BCUT2D eigenvalue weighted by Crippen LogP contribution is 2.38. The zero-order chi connectivity index (χ0) is 13.9. The zero-order valence-electron chi connectivity index (χ0n) is 11.8. The second kappa shape index (κ2) is 5.63. The molecule has 2 N–H and O–H groups in total. The van der Waals surface area contributed by atoms with Gasteiger partial charge in [0, 0.05) is 17.9 Å². The molecule has 0 radical (unpaired) electrons. The van der Waals surface area contributed by atoms with Gasteiger partial charge in [0.15, 0.2) is 0 Å². The minimum atomic E-state index is 0.0489. The highest BCUT2D eigenvalue weighted by atomic mass is 16.5. The van der Waals surface area contributed by atoms with E-state index in [0.29, 0.717) is 5.92 Å². The lowest BCUT2D eigenvalue weighted by molar-refractivity contribution is 0.259. The van der Waals surface area contributed by atoms with Crippen molar-refractivity contribution >= 4 is 0 Å². The maximum atomic E-state index is 6.38. The molecule has 2 atom stereocenters. The van der Waals surface area contributed by atoms with Crippen LogP contribution in [-0.2, 0) is 0 Å². The number of aromatic nitrogens is 1. The highest BCUT2D eigenvalue weighted by molar-refractivity contribution is 5.38. The maximum absolute atomic E-state index is 6.38. The van der Waals surface area contributed by atoms with Crippen LogP contribution in [0.2, 0.25) is 0 Å². The summed E-state index contributed by atoms with van der Waals surface area (Å²) in [5.74, 6) is 1.49. The molecule has 2 aromatic rings. The van der Waals surface area contributed by atoms with E-state index in [1.165, 1.54) is 11.1 Å². The summed E-state index contributed by atoms with van der Waals surface area (Å²) in [6.07, 6.45) is 3.82. The minimum Gasteiger partial charge on any atom is -0.493 e. The lowest BCUT2D eigenvalue weighted by Crippen LogP contribution is -2.20. The van der Waals surface area contributed by atoms with E-state index in [0.717, 1.165) is 30.9 Å². The topological polar surface area (TPSA) is 48.1 Å². The first-order chi connectivity index (χ1) is 9.74. The summed E-state index contributed by atoms with van der Waals surface area (Å²) in [6, 6.07) is 12.4. The van der Waals surface area contributed by atoms with Gasteiger partial charge >= 0.3 is 0 Å². The Morgan fingerprint density at radius 3 is 3.05 bits per heavy atom. The molecule has 0 saturated heterocycles. The van der Waals surface area contributed by atoms with E-state index in [1.807, 2.05) is 31.3 Å². The molecule has 20 heavy (non-hydrogen) atoms. The number of para-hydroxylation sites is 1. The van der Waals surface area contributed by atoms with Crippen LogP contribution in [0.1, 0.15) is 41.6 Å². The van der Waals surface area contributed by atoms with Gasteiger partial charge in [-0.3, -0.25) is 4.98 Å². The smallest absolute Gasteiger partial charge is 0.122 e. The lowest BCUT2D eigenvalue weighted by atomic mass is 9.86. The van der Waals surface area contributed by atoms with Crippen molar-refractivity contribution in [2.45, 2.75) is 31.7 Å². The molecule has 0 fully saturated rings. The second-order valence-corrected chi connectivity index (χ2v) is 5.44. The molecule has 1 aliphatic heterocycles. The van der Waals surface area contributed by atoms with Gasteiger partial charge in [0.05, 0.1) is 6.61 Å². The van der Waals surface area contributed by atoms with Crippen molar-refractivity contribution in [2.75, 3.05) is 6.61 Å². The van der Waals surface area contributed by atoms with E-state index < -0.39 is 0 Å². The molecular weight excluding hydrogens is 248 g/mol. The number of nitrogens with zero attached hydrogens (tertiary/aromatic N) is 1. The van der Waals surface area contributed by atoms with Crippen LogP contribution in [0.4, 0.5) is 0 Å². The van der Waals surface area contributed by atoms with E-state index in [1.54, 1.807) is 0 Å². The monoisotopic (exact) mass is 268 g/mol. The summed E-state index contributed by atoms with van der Waals surface area (Å²) in [6.45, 7) is 2.78. The molecule has 3 heteroatoms. The molecule has 3 nitrogen and oxygen atoms in total. The summed E-state index contributed by atoms with van der Waals surface area (Å²) < 4.78 is 5.71. The fourth-order valence-corrected chi connectivity index (χ4v) is 2.90. The predicted octanol–water partition coefficient (Wildman–Crippen LogP) is 3.35. The van der Waals surface area contributed by atoms with Crippen molar-refractivity contribution in [1.29, 1.82) is 0 Å². The Balaban J connectivity index is 1.79. The van der Waals surface area contributed by atoms with Crippen LogP contribution in [0.15, 0.2) is 42.6 Å². The third kappa shape index (κ3) is 2.68. The van der Waals surface area contributed by atoms with E-state index in [-0.39, 0.29) is 6.04 Å². The van der Waals surface area contributed by atoms with Gasteiger partial charge in [-0.15, -0.1) is 0 Å². The van der Waals surface area contributed by atoms with Crippen molar-refractivity contribution in [2.24, 2.45) is 5.73 Å². The van der Waals surface area contributed by atoms with Crippen LogP contribution in [0.3, 0.4) is 0 Å². The van der Waals surface area contributed by atoms with Crippen molar-refractivity contribution in [3.63, 3.8) is 0 Å². The average molecular weight is 268 g/mol. The van der Waals surface area contributed by atoms with E-state index in [2.05, 4.69) is 23.2 Å². The molecule has 2 unspecified atom stereocenters. The number of fused-ring (bicyclic) bond motifs is 1. The van der Waals surface area contributed by atoms with Gasteiger partial charge < -0.3 is 10.5 Å². The second-order valence-electron chi connectivity index (χ2n) is 5.44. The maximum Gasteiger partial charge on any atom is 0.122 e. The van der Waals surface area contributed by atoms with Gasteiger partial charge in [0.1, 0.15) is 5.75 Å². The Bertz CT molecular complexity index is 597. The molecule has 0 aliphatic carbocycles. The van der Waals surface area contributed by atoms with Crippen molar-refractivity contribution in [3.05, 3.63) is 59.4 Å². The van der Waals surface area contributed by atoms with Crippen molar-refractivity contribution in [1.82, 2.24) is 4.98 Å². The molecule has 0 amide bonds. The summed E-state index contributed by atoms with van der Waals surface area (Å²) in [4.78, 5) is 4.23. The Morgan fingerprint density at radius 1 is 1.35 bits per heavy atom. The molecule has 104 valence electrons. The van der Waals surface area contributed by atoms with Gasteiger partial charge in [-0.05, 0) is 55.0 Å². The predicted molar refractivity (Wildman–Crippen MR) is 79.8 cm³/mol. The third-order valence-electron chi connectivity index (χ3n) is 3.97. The molecule has 1 aromatic carbocycles. The standard InChI is InChI=1S/C17H20N2O/c1-12-10-14(6-8-19-12)16(18)11-13-7-9-20-17-5-3-2-4-15(13)17/h2-6,8,10,13,16H,7,9,11,18H2,1H3. The number of aryl methyl sites for hydroxylation is 1. The first-order valence-corrected chi connectivity index (χ1v) is 7.14. The van der Waals surface area contributed by atoms with Crippen LogP contribution in [0.25, 0.3) is 0 Å². The van der Waals surface area contributed by atoms with E-state index in [4.69, 9.17) is 10.5 Å². The molecule has 1 aliphatic rings. The number of rotatable bonds is 3. The average Bonchev–Trinajstić information content (AvgIpc) is 2.47. The van der Waals surface area contributed by atoms with Crippen LogP contribution >= 0.6 is 0 Å². The number of hydrogen-bond acceptors (Lipinski definition) is 3. The Kier molecular flexibility index (Phi) is 3.70. The quantitative estimate of drug-likeness (QED) is 0.928. The first-order valence-electron chi connectivity index (χ1n) is 7.14. The molecular formula is C17H20N2O. The third-order valence-corrected chi connectivity index (χ3v) is 3.97. The van der Waals surface area contributed by atoms with Crippen molar-refractivity contribution < 1.29 is 4.74 Å². The number of pyridine rings is 1. The Hall–Kier alpha value is -1.87. The molecule has 2 heterocycles. The van der Waals surface area contributed by atoms with Gasteiger partial charge in [-0.1, -0.05) is 18.2 Å². The lowest BCUT2D eigenvalue weighted by Gasteiger charge is -2.28. The fraction of sp³-hybridized carbons (Fsp3) is 0.353. The molecule has 1 aromatic heterocycles. The van der Waals surface area contributed by atoms with E-state index >= 15 is 0 Å². The summed E-state index contributed by atoms with van der Waals surface area (Å²) in [5.41, 5.74) is 9.86. The number of benzene rings is 1. The van der Waals surface area contributed by atoms with Gasteiger partial charge in [0.2, 0.25) is 0 Å². The first kappa shape index (κ1) is 13.1. The fourth-order valence-electron chi connectivity index (χ4n) is 2.90. The van der Waals surface area contributed by atoms with Crippen LogP contribution in [-0.4, -0.2) is 11.6 Å². The Labute approximate surface area is 119 Å². The SMILES string of the molecule is Cc1cc(C(N)CC2CCOc3ccccc32)ccn1. The minimum absolute atomic E-state index is 0.0489. The van der Waals surface area contributed by atoms with Gasteiger partial charge in [-0.25, -0.2) is 0 Å². The Morgan fingerprint density at radius 2 is 2.20 bits per heavy atom. The summed E-state index contributed by atoms with van der Waals surface area (Å²) >= 11 is 0. The van der Waals surface area contributed by atoms with Gasteiger partial charge in [-0.2, -0.15) is 0 Å².